The number of nitrogens with zero attached hydrogens (tertiary/aromatic N) is 2. The van der Waals surface area contributed by atoms with Gasteiger partial charge in [0.2, 0.25) is 5.91 Å². The number of hydrogen-bond donors (Lipinski definition) is 1. The molecule has 1 amide bonds. The molecule has 2 rings (SSSR count). The van der Waals surface area contributed by atoms with Gasteiger partial charge in [0.15, 0.2) is 0 Å². The largest absolute Gasteiger partial charge is 0.349 e. The van der Waals surface area contributed by atoms with Crippen LogP contribution in [0.5, 0.6) is 0 Å². The van der Waals surface area contributed by atoms with E-state index in [1.54, 1.807) is 23.0 Å². The highest BCUT2D eigenvalue weighted by molar-refractivity contribution is 6.30. The van der Waals surface area contributed by atoms with Gasteiger partial charge in [0, 0.05) is 23.8 Å². The van der Waals surface area contributed by atoms with E-state index in [0.29, 0.717) is 11.4 Å². The Kier molecular flexibility index (Phi) is 4.22. The van der Waals surface area contributed by atoms with Gasteiger partial charge in [-0.15, -0.1) is 0 Å². The Morgan fingerprint density at radius 3 is 2.68 bits per heavy atom. The smallest absolute Gasteiger partial charge is 0.224 e. The molecule has 4 nitrogen and oxygen atoms in total. The number of hydrogen-bond acceptors (Lipinski definition) is 2. The molecule has 19 heavy (non-hydrogen) atoms. The first-order chi connectivity index (χ1) is 9.04. The van der Waals surface area contributed by atoms with Gasteiger partial charge in [-0.25, -0.2) is 0 Å². The van der Waals surface area contributed by atoms with Gasteiger partial charge in [0.05, 0.1) is 18.7 Å². The van der Waals surface area contributed by atoms with E-state index in [9.17, 15) is 4.79 Å². The van der Waals surface area contributed by atoms with Gasteiger partial charge >= 0.3 is 0 Å². The first kappa shape index (κ1) is 13.6. The number of benzene rings is 1. The van der Waals surface area contributed by atoms with Crippen molar-refractivity contribution in [2.75, 3.05) is 0 Å². The maximum absolute atomic E-state index is 11.9. The van der Waals surface area contributed by atoms with Crippen LogP contribution in [0.15, 0.2) is 36.7 Å². The van der Waals surface area contributed by atoms with Gasteiger partial charge in [0.25, 0.3) is 0 Å². The Morgan fingerprint density at radius 2 is 2.11 bits per heavy atom. The Morgan fingerprint density at radius 1 is 1.42 bits per heavy atom. The van der Waals surface area contributed by atoms with Crippen molar-refractivity contribution in [3.05, 3.63) is 52.8 Å². The predicted octanol–water partition coefficient (Wildman–Crippen LogP) is 2.49. The van der Waals surface area contributed by atoms with Crippen LogP contribution in [0.25, 0.3) is 0 Å². The van der Waals surface area contributed by atoms with Crippen molar-refractivity contribution in [3.8, 4) is 0 Å². The van der Waals surface area contributed by atoms with Crippen LogP contribution < -0.4 is 5.32 Å². The van der Waals surface area contributed by atoms with Crippen LogP contribution in [0.4, 0.5) is 0 Å². The molecule has 100 valence electrons. The molecule has 0 unspecified atom stereocenters. The summed E-state index contributed by atoms with van der Waals surface area (Å²) in [6.07, 6.45) is 4.00. The Hall–Kier alpha value is -1.81. The molecule has 1 N–H and O–H groups in total. The molecular formula is C14H16ClN3O. The monoisotopic (exact) mass is 277 g/mol. The van der Waals surface area contributed by atoms with Gasteiger partial charge in [-0.3, -0.25) is 9.48 Å². The third kappa shape index (κ3) is 3.83. The number of aromatic nitrogens is 2. The second-order valence-corrected chi connectivity index (χ2v) is 4.98. The zero-order valence-electron chi connectivity index (χ0n) is 10.9. The van der Waals surface area contributed by atoms with Gasteiger partial charge in [-0.1, -0.05) is 23.7 Å². The molecule has 0 radical (unpaired) electrons. The minimum atomic E-state index is -0.0477. The second-order valence-electron chi connectivity index (χ2n) is 4.54. The molecule has 1 aromatic carbocycles. The molecule has 2 aromatic rings. The van der Waals surface area contributed by atoms with E-state index in [2.05, 4.69) is 10.4 Å². The van der Waals surface area contributed by atoms with Crippen LogP contribution >= 0.6 is 11.6 Å². The fourth-order valence-electron chi connectivity index (χ4n) is 1.83. The minimum absolute atomic E-state index is 0.0151. The maximum atomic E-state index is 11.9. The molecule has 0 saturated heterocycles. The highest BCUT2D eigenvalue weighted by Gasteiger charge is 2.11. The lowest BCUT2D eigenvalue weighted by atomic mass is 10.1. The quantitative estimate of drug-likeness (QED) is 0.933. The number of nitrogens with one attached hydrogen (secondary N) is 1. The van der Waals surface area contributed by atoms with Gasteiger partial charge < -0.3 is 5.32 Å². The van der Waals surface area contributed by atoms with E-state index in [1.807, 2.05) is 32.3 Å². The Labute approximate surface area is 117 Å². The zero-order chi connectivity index (χ0) is 13.8. The third-order valence-corrected chi connectivity index (χ3v) is 3.13. The first-order valence-electron chi connectivity index (χ1n) is 6.07. The van der Waals surface area contributed by atoms with E-state index >= 15 is 0 Å². The average Bonchev–Trinajstić information content (AvgIpc) is 2.79. The molecule has 1 aromatic heterocycles. The predicted molar refractivity (Wildman–Crippen MR) is 74.9 cm³/mol. The average molecular weight is 278 g/mol. The molecule has 0 aliphatic rings. The van der Waals surface area contributed by atoms with Gasteiger partial charge in [0.1, 0.15) is 0 Å². The van der Waals surface area contributed by atoms with Crippen LogP contribution in [-0.2, 0) is 18.3 Å². The van der Waals surface area contributed by atoms with Gasteiger partial charge in [-0.05, 0) is 24.6 Å². The number of rotatable bonds is 4. The Balaban J connectivity index is 1.92. The van der Waals surface area contributed by atoms with E-state index in [1.165, 1.54) is 0 Å². The number of carbonyl (C=O) groups excluding carboxylic acids is 1. The van der Waals surface area contributed by atoms with E-state index < -0.39 is 0 Å². The van der Waals surface area contributed by atoms with Crippen molar-refractivity contribution in [1.82, 2.24) is 15.1 Å². The molecule has 5 heteroatoms. The summed E-state index contributed by atoms with van der Waals surface area (Å²) in [4.78, 5) is 11.9. The summed E-state index contributed by atoms with van der Waals surface area (Å²) in [6.45, 7) is 1.94. The molecule has 0 bridgehead atoms. The molecular weight excluding hydrogens is 262 g/mol. The van der Waals surface area contributed by atoms with Crippen molar-refractivity contribution in [2.24, 2.45) is 7.05 Å². The van der Waals surface area contributed by atoms with Crippen LogP contribution in [0.2, 0.25) is 5.02 Å². The highest BCUT2D eigenvalue weighted by atomic mass is 35.5. The third-order valence-electron chi connectivity index (χ3n) is 2.88. The number of halogens is 1. The standard InChI is InChI=1S/C14H16ClN3O/c1-10(12-8-16-18(2)9-12)17-14(19)7-11-3-5-13(15)6-4-11/h3-6,8-10H,7H2,1-2H3,(H,17,19)/t10-/m1/s1. The fourth-order valence-corrected chi connectivity index (χ4v) is 1.95. The summed E-state index contributed by atoms with van der Waals surface area (Å²) < 4.78 is 1.72. The zero-order valence-corrected chi connectivity index (χ0v) is 11.7. The summed E-state index contributed by atoms with van der Waals surface area (Å²) in [5.41, 5.74) is 1.94. The van der Waals surface area contributed by atoms with Gasteiger partial charge in [-0.2, -0.15) is 5.10 Å². The summed E-state index contributed by atoms with van der Waals surface area (Å²) >= 11 is 5.81. The highest BCUT2D eigenvalue weighted by Crippen LogP contribution is 2.12. The Bertz CT molecular complexity index is 562. The topological polar surface area (TPSA) is 46.9 Å². The molecule has 1 heterocycles. The van der Waals surface area contributed by atoms with E-state index in [4.69, 9.17) is 11.6 Å². The van der Waals surface area contributed by atoms with Crippen LogP contribution in [0, 0.1) is 0 Å². The fraction of sp³-hybridized carbons (Fsp3) is 0.286. The van der Waals surface area contributed by atoms with Crippen LogP contribution in [-0.4, -0.2) is 15.7 Å². The first-order valence-corrected chi connectivity index (χ1v) is 6.45. The van der Waals surface area contributed by atoms with E-state index in [-0.39, 0.29) is 11.9 Å². The van der Waals surface area contributed by atoms with Crippen molar-refractivity contribution in [2.45, 2.75) is 19.4 Å². The van der Waals surface area contributed by atoms with Crippen molar-refractivity contribution in [1.29, 1.82) is 0 Å². The summed E-state index contributed by atoms with van der Waals surface area (Å²) in [6, 6.07) is 7.24. The lowest BCUT2D eigenvalue weighted by Crippen LogP contribution is -2.27. The van der Waals surface area contributed by atoms with Crippen LogP contribution in [0.1, 0.15) is 24.1 Å². The lowest BCUT2D eigenvalue weighted by Gasteiger charge is -2.12. The molecule has 0 aliphatic heterocycles. The van der Waals surface area contributed by atoms with Crippen molar-refractivity contribution in [3.63, 3.8) is 0 Å². The number of aryl methyl sites for hydroxylation is 1. The minimum Gasteiger partial charge on any atom is -0.349 e. The molecule has 0 saturated carbocycles. The lowest BCUT2D eigenvalue weighted by molar-refractivity contribution is -0.121. The maximum Gasteiger partial charge on any atom is 0.224 e. The molecule has 0 fully saturated rings. The van der Waals surface area contributed by atoms with Crippen molar-refractivity contribution >= 4 is 17.5 Å². The molecule has 0 aliphatic carbocycles. The molecule has 1 atom stereocenters. The normalized spacial score (nSPS) is 12.2. The summed E-state index contributed by atoms with van der Waals surface area (Å²) in [7, 11) is 1.85. The number of carbonyl (C=O) groups is 1. The van der Waals surface area contributed by atoms with Crippen LogP contribution in [0.3, 0.4) is 0 Å². The summed E-state index contributed by atoms with van der Waals surface area (Å²) in [5.74, 6) is -0.0151. The second kappa shape index (κ2) is 5.89. The molecule has 0 spiro atoms. The summed E-state index contributed by atoms with van der Waals surface area (Å²) in [5, 5.41) is 7.71. The SMILES string of the molecule is C[C@@H](NC(=O)Cc1ccc(Cl)cc1)c1cnn(C)c1. The van der Waals surface area contributed by atoms with Crippen molar-refractivity contribution < 1.29 is 4.79 Å². The number of amides is 1. The van der Waals surface area contributed by atoms with E-state index in [0.717, 1.165) is 11.1 Å².